The highest BCUT2D eigenvalue weighted by molar-refractivity contribution is 5.91. The van der Waals surface area contributed by atoms with Crippen LogP contribution in [0.2, 0.25) is 0 Å². The van der Waals surface area contributed by atoms with Crippen molar-refractivity contribution in [2.45, 2.75) is 38.6 Å². The van der Waals surface area contributed by atoms with Gasteiger partial charge in [0.25, 0.3) is 0 Å². The van der Waals surface area contributed by atoms with Gasteiger partial charge in [0.15, 0.2) is 0 Å². The van der Waals surface area contributed by atoms with Crippen LogP contribution in [-0.4, -0.2) is 16.2 Å². The fourth-order valence-corrected chi connectivity index (χ4v) is 2.79. The van der Waals surface area contributed by atoms with E-state index in [0.29, 0.717) is 11.5 Å². The van der Waals surface area contributed by atoms with Gasteiger partial charge in [-0.3, -0.25) is 0 Å². The number of nitrogens with two attached hydrogens (primary N) is 1. The second-order valence-electron chi connectivity index (χ2n) is 5.13. The third-order valence-corrected chi connectivity index (χ3v) is 3.78. The first-order valence-electron chi connectivity index (χ1n) is 6.33. The molecule has 0 amide bonds. The highest BCUT2D eigenvalue weighted by atomic mass is 16.4. The number of benzene rings is 1. The first-order valence-corrected chi connectivity index (χ1v) is 6.33. The molecule has 1 atom stereocenters. The molecule has 1 aromatic rings. The zero-order valence-electron chi connectivity index (χ0n) is 10.5. The first kappa shape index (κ1) is 12.9. The van der Waals surface area contributed by atoms with E-state index in [1.165, 1.54) is 6.07 Å². The van der Waals surface area contributed by atoms with E-state index in [1.54, 1.807) is 6.07 Å². The van der Waals surface area contributed by atoms with Crippen molar-refractivity contribution in [1.82, 2.24) is 0 Å². The Morgan fingerprint density at radius 3 is 2.56 bits per heavy atom. The Labute approximate surface area is 106 Å². The number of aromatic hydroxyl groups is 1. The van der Waals surface area contributed by atoms with Crippen LogP contribution < -0.4 is 5.73 Å². The van der Waals surface area contributed by atoms with Gasteiger partial charge in [0.1, 0.15) is 11.3 Å². The van der Waals surface area contributed by atoms with Gasteiger partial charge in [0.05, 0.1) is 0 Å². The van der Waals surface area contributed by atoms with E-state index in [9.17, 15) is 9.90 Å². The molecule has 4 nitrogen and oxygen atoms in total. The Bertz CT molecular complexity index is 464. The molecule has 0 heterocycles. The van der Waals surface area contributed by atoms with Crippen LogP contribution in [0.4, 0.5) is 0 Å². The summed E-state index contributed by atoms with van der Waals surface area (Å²) in [7, 11) is 0. The summed E-state index contributed by atoms with van der Waals surface area (Å²) in [5.74, 6) is -0.942. The van der Waals surface area contributed by atoms with Crippen molar-refractivity contribution in [2.24, 2.45) is 11.7 Å². The first-order chi connectivity index (χ1) is 8.50. The van der Waals surface area contributed by atoms with Crippen molar-refractivity contribution in [3.8, 4) is 5.75 Å². The molecule has 2 rings (SSSR count). The lowest BCUT2D eigenvalue weighted by Gasteiger charge is -2.21. The molecule has 4 heteroatoms. The van der Waals surface area contributed by atoms with E-state index in [1.807, 2.05) is 6.92 Å². The second kappa shape index (κ2) is 4.98. The average molecular weight is 249 g/mol. The van der Waals surface area contributed by atoms with Gasteiger partial charge >= 0.3 is 5.97 Å². The number of phenols is 1. The topological polar surface area (TPSA) is 83.5 Å². The predicted molar refractivity (Wildman–Crippen MR) is 68.7 cm³/mol. The number of rotatable bonds is 3. The maximum atomic E-state index is 11.1. The number of aryl methyl sites for hydroxylation is 1. The molecule has 0 bridgehead atoms. The van der Waals surface area contributed by atoms with Gasteiger partial charge in [-0.05, 0) is 37.3 Å². The lowest BCUT2D eigenvalue weighted by molar-refractivity contribution is 0.0693. The molecule has 1 saturated carbocycles. The molecular weight excluding hydrogens is 230 g/mol. The lowest BCUT2D eigenvalue weighted by atomic mass is 9.89. The molecule has 0 saturated heterocycles. The summed E-state index contributed by atoms with van der Waals surface area (Å²) in [6, 6.07) is 3.00. The zero-order valence-corrected chi connectivity index (χ0v) is 10.5. The van der Waals surface area contributed by atoms with Crippen LogP contribution in [0.5, 0.6) is 5.75 Å². The third kappa shape index (κ3) is 2.34. The van der Waals surface area contributed by atoms with Gasteiger partial charge in [0, 0.05) is 11.6 Å². The number of carbonyl (C=O) groups is 1. The third-order valence-electron chi connectivity index (χ3n) is 3.78. The molecule has 18 heavy (non-hydrogen) atoms. The van der Waals surface area contributed by atoms with Gasteiger partial charge in [-0.25, -0.2) is 4.79 Å². The molecule has 98 valence electrons. The van der Waals surface area contributed by atoms with Gasteiger partial charge in [-0.1, -0.05) is 18.9 Å². The number of hydrogen-bond donors (Lipinski definition) is 3. The number of carboxylic acids is 1. The largest absolute Gasteiger partial charge is 0.507 e. The summed E-state index contributed by atoms with van der Waals surface area (Å²) in [6.07, 6.45) is 4.43. The van der Waals surface area contributed by atoms with E-state index in [0.717, 1.165) is 31.2 Å². The summed E-state index contributed by atoms with van der Waals surface area (Å²) in [5.41, 5.74) is 7.51. The number of hydrogen-bond acceptors (Lipinski definition) is 3. The molecule has 4 N–H and O–H groups in total. The molecule has 0 aliphatic heterocycles. The van der Waals surface area contributed by atoms with Crippen molar-refractivity contribution in [3.63, 3.8) is 0 Å². The Morgan fingerprint density at radius 1 is 1.39 bits per heavy atom. The molecule has 0 unspecified atom stereocenters. The molecule has 1 aliphatic carbocycles. The van der Waals surface area contributed by atoms with Crippen LogP contribution in [0.1, 0.15) is 53.2 Å². The van der Waals surface area contributed by atoms with Crippen molar-refractivity contribution in [2.75, 3.05) is 0 Å². The average Bonchev–Trinajstić information content (AvgIpc) is 2.84. The van der Waals surface area contributed by atoms with Crippen molar-refractivity contribution in [1.29, 1.82) is 0 Å². The summed E-state index contributed by atoms with van der Waals surface area (Å²) in [4.78, 5) is 11.1. The Kier molecular flexibility index (Phi) is 3.57. The van der Waals surface area contributed by atoms with Crippen molar-refractivity contribution < 1.29 is 15.0 Å². The Balaban J connectivity index is 2.40. The molecular formula is C14H19NO3. The van der Waals surface area contributed by atoms with Gasteiger partial charge in [0.2, 0.25) is 0 Å². The van der Waals surface area contributed by atoms with E-state index >= 15 is 0 Å². The quantitative estimate of drug-likeness (QED) is 0.768. The summed E-state index contributed by atoms with van der Waals surface area (Å²) in [6.45, 7) is 1.82. The van der Waals surface area contributed by atoms with Crippen molar-refractivity contribution >= 4 is 5.97 Å². The van der Waals surface area contributed by atoms with Gasteiger partial charge in [-0.2, -0.15) is 0 Å². The second-order valence-corrected chi connectivity index (χ2v) is 5.13. The monoisotopic (exact) mass is 249 g/mol. The maximum absolute atomic E-state index is 11.1. The lowest BCUT2D eigenvalue weighted by Crippen LogP contribution is -2.20. The summed E-state index contributed by atoms with van der Waals surface area (Å²) in [5, 5.41) is 19.1. The molecule has 0 radical (unpaired) electrons. The van der Waals surface area contributed by atoms with E-state index in [4.69, 9.17) is 10.8 Å². The van der Waals surface area contributed by atoms with Crippen molar-refractivity contribution in [3.05, 3.63) is 28.8 Å². The minimum Gasteiger partial charge on any atom is -0.507 e. The number of aromatic carboxylic acids is 1. The summed E-state index contributed by atoms with van der Waals surface area (Å²) >= 11 is 0. The minimum atomic E-state index is -1.11. The van der Waals surface area contributed by atoms with Crippen LogP contribution in [0, 0.1) is 12.8 Å². The normalized spacial score (nSPS) is 17.9. The van der Waals surface area contributed by atoms with Crippen LogP contribution >= 0.6 is 0 Å². The molecule has 1 aromatic carbocycles. The smallest absolute Gasteiger partial charge is 0.339 e. The molecule has 1 aliphatic rings. The Morgan fingerprint density at radius 2 is 2.00 bits per heavy atom. The Hall–Kier alpha value is -1.55. The molecule has 1 fully saturated rings. The minimum absolute atomic E-state index is 0.0570. The highest BCUT2D eigenvalue weighted by Crippen LogP contribution is 2.38. The SMILES string of the molecule is Cc1cc(C(=O)O)c(O)c([C@@H](N)C2CCCC2)c1. The zero-order chi connectivity index (χ0) is 13.3. The van der Waals surface area contributed by atoms with Crippen LogP contribution in [0.3, 0.4) is 0 Å². The molecule has 0 aromatic heterocycles. The maximum Gasteiger partial charge on any atom is 0.339 e. The van der Waals surface area contributed by atoms with Gasteiger partial charge < -0.3 is 15.9 Å². The summed E-state index contributed by atoms with van der Waals surface area (Å²) < 4.78 is 0. The standard InChI is InChI=1S/C14H19NO3/c1-8-6-10(12(15)9-4-2-3-5-9)13(16)11(7-8)14(17)18/h6-7,9,12,16H,2-5,15H2,1H3,(H,17,18)/t12-/m0/s1. The molecule has 0 spiro atoms. The van der Waals surface area contributed by atoms with E-state index in [-0.39, 0.29) is 17.4 Å². The van der Waals surface area contributed by atoms with Crippen LogP contribution in [0.15, 0.2) is 12.1 Å². The van der Waals surface area contributed by atoms with Gasteiger partial charge in [-0.15, -0.1) is 0 Å². The highest BCUT2D eigenvalue weighted by Gasteiger charge is 2.27. The fraction of sp³-hybridized carbons (Fsp3) is 0.500. The van der Waals surface area contributed by atoms with Crippen LogP contribution in [-0.2, 0) is 0 Å². The van der Waals surface area contributed by atoms with E-state index in [2.05, 4.69) is 0 Å². The fourth-order valence-electron chi connectivity index (χ4n) is 2.79. The van der Waals surface area contributed by atoms with E-state index < -0.39 is 5.97 Å². The predicted octanol–water partition coefficient (Wildman–Crippen LogP) is 2.59. The van der Waals surface area contributed by atoms with Crippen LogP contribution in [0.25, 0.3) is 0 Å². The number of carboxylic acid groups (broad SMARTS) is 1.